The molecule has 18 aliphatic rings. The summed E-state index contributed by atoms with van der Waals surface area (Å²) in [6, 6.07) is 0. The van der Waals surface area contributed by atoms with Crippen LogP contribution in [0.4, 0.5) is 0 Å². The molecule has 18 rings (SSSR count). The van der Waals surface area contributed by atoms with Gasteiger partial charge < -0.3 is 30.6 Å². The maximum Gasteiger partial charge on any atom is 0.309 e. The van der Waals surface area contributed by atoms with Gasteiger partial charge in [-0.25, -0.2) is 0 Å². The van der Waals surface area contributed by atoms with Crippen LogP contribution in [0, 0.1) is 157 Å². The molecule has 0 aromatic heterocycles. The molecule has 12 nitrogen and oxygen atoms in total. The SMILES string of the molecule is C=C[C@@]1(C)C=C2CCC3C(C)(CCC[C@@]3(C)C(=O)O)C2CC1.C=C[C@@]1(C)CCC2=C(CCC3C2(C)CCC[C@@]3(C)C(=O)O)C1.C=C[C@@]1(C)CCC2C(=CCC3C2(C)CCC[C@@]3(C)C(=O)O)C1.C=C[C@]1(C)C=C2CCC3C(C)(CCC[C@@]3(C)C(=O)O)C2CC1.C=C[C@]1(C)CCC2=C(CCC3C2(C)CCC[C@@]3(C)C(=O)O)C1.C=C[C@]1(C)CCC2C(=CCC3C2(C)CCC[C@@]3(C)C(=O)O)C1. The Balaban J connectivity index is 0.000000135. The van der Waals surface area contributed by atoms with Crippen molar-refractivity contribution in [2.75, 3.05) is 0 Å². The van der Waals surface area contributed by atoms with Crippen molar-refractivity contribution in [3.63, 3.8) is 0 Å². The minimum absolute atomic E-state index is 0.113. The number of aliphatic carboxylic acids is 6. The van der Waals surface area contributed by atoms with E-state index < -0.39 is 68.3 Å². The second-order valence-corrected chi connectivity index (χ2v) is 52.3. The summed E-state index contributed by atoms with van der Waals surface area (Å²) in [5.41, 5.74) is 11.7. The van der Waals surface area contributed by atoms with E-state index in [1.165, 1.54) is 89.9 Å². The third kappa shape index (κ3) is 17.8. The molecule has 10 saturated carbocycles. The van der Waals surface area contributed by atoms with Gasteiger partial charge in [0.15, 0.2) is 0 Å². The lowest BCUT2D eigenvalue weighted by molar-refractivity contribution is -0.165. The molecule has 6 N–H and O–H groups in total. The summed E-state index contributed by atoms with van der Waals surface area (Å²) < 4.78 is 0. The van der Waals surface area contributed by atoms with Gasteiger partial charge in [-0.3, -0.25) is 28.8 Å². The third-order valence-corrected chi connectivity index (χ3v) is 44.3. The van der Waals surface area contributed by atoms with Crippen LogP contribution in [-0.2, 0) is 28.8 Å². The van der Waals surface area contributed by atoms with Gasteiger partial charge in [0.25, 0.3) is 0 Å². The first kappa shape index (κ1) is 103. The van der Waals surface area contributed by atoms with Gasteiger partial charge >= 0.3 is 35.8 Å². The molecule has 0 aromatic rings. The van der Waals surface area contributed by atoms with Gasteiger partial charge in [-0.2, -0.15) is 0 Å². The van der Waals surface area contributed by atoms with Crippen molar-refractivity contribution >= 4 is 35.8 Å². The summed E-state index contributed by atoms with van der Waals surface area (Å²) in [6.45, 7) is 64.2. The van der Waals surface area contributed by atoms with Gasteiger partial charge in [0.2, 0.25) is 0 Å². The van der Waals surface area contributed by atoms with E-state index in [1.807, 2.05) is 41.5 Å². The summed E-state index contributed by atoms with van der Waals surface area (Å²) in [6.07, 6.45) is 69.8. The Morgan fingerprint density at radius 2 is 0.515 bits per heavy atom. The van der Waals surface area contributed by atoms with Crippen LogP contribution in [0.2, 0.25) is 0 Å². The molecule has 16 unspecified atom stereocenters. The van der Waals surface area contributed by atoms with Crippen molar-refractivity contribution < 1.29 is 59.4 Å². The third-order valence-electron chi connectivity index (χ3n) is 44.3. The van der Waals surface area contributed by atoms with Crippen LogP contribution in [0.5, 0.6) is 0 Å². The Hall–Kier alpha value is -6.30. The van der Waals surface area contributed by atoms with Crippen LogP contribution in [-0.4, -0.2) is 66.5 Å². The average molecular weight is 1810 g/mol. The topological polar surface area (TPSA) is 224 Å². The largest absolute Gasteiger partial charge is 0.481 e. The van der Waals surface area contributed by atoms with Crippen molar-refractivity contribution in [2.24, 2.45) is 157 Å². The van der Waals surface area contributed by atoms with Gasteiger partial charge in [-0.05, 0) is 399 Å². The fourth-order valence-electron chi connectivity index (χ4n) is 35.3. The maximum absolute atomic E-state index is 12.0. The highest BCUT2D eigenvalue weighted by molar-refractivity contribution is 5.78. The predicted molar refractivity (Wildman–Crippen MR) is 537 cm³/mol. The molecule has 0 heterocycles. The van der Waals surface area contributed by atoms with Gasteiger partial charge in [0, 0.05) is 10.8 Å². The van der Waals surface area contributed by atoms with Crippen LogP contribution in [0.1, 0.15) is 407 Å². The minimum atomic E-state index is -0.591. The molecule has 0 aliphatic heterocycles. The summed E-state index contributed by atoms with van der Waals surface area (Å²) in [5.74, 6) is 0.635. The molecule has 732 valence electrons. The smallest absolute Gasteiger partial charge is 0.309 e. The number of carboxylic acid groups (broad SMARTS) is 6. The van der Waals surface area contributed by atoms with Crippen LogP contribution in [0.25, 0.3) is 0 Å². The highest BCUT2D eigenvalue weighted by Crippen LogP contribution is 2.72. The zero-order chi connectivity index (χ0) is 97.0. The van der Waals surface area contributed by atoms with E-state index in [0.717, 1.165) is 193 Å². The number of rotatable bonds is 12. The zero-order valence-electron chi connectivity index (χ0n) is 86.0. The fraction of sp³-hybridized carbons (Fsp3) is 0.750. The quantitative estimate of drug-likeness (QED) is 0.100. The Morgan fingerprint density at radius 3 is 0.803 bits per heavy atom. The van der Waals surface area contributed by atoms with Gasteiger partial charge in [-0.1, -0.05) is 227 Å². The van der Waals surface area contributed by atoms with E-state index in [-0.39, 0.29) is 76.8 Å². The summed E-state index contributed by atoms with van der Waals surface area (Å²) in [4.78, 5) is 71.7. The van der Waals surface area contributed by atoms with Crippen molar-refractivity contribution in [2.45, 2.75) is 407 Å². The Kier molecular flexibility index (Phi) is 28.7. The Labute approximate surface area is 799 Å². The number of fused-ring (bicyclic) bond motifs is 16. The van der Waals surface area contributed by atoms with E-state index in [9.17, 15) is 59.4 Å². The van der Waals surface area contributed by atoms with E-state index in [0.29, 0.717) is 47.3 Å². The molecule has 0 saturated heterocycles. The van der Waals surface area contributed by atoms with Crippen LogP contribution >= 0.6 is 0 Å². The zero-order valence-corrected chi connectivity index (χ0v) is 86.0. The summed E-state index contributed by atoms with van der Waals surface area (Å²) in [5, 5.41) is 59.0. The number of hydrogen-bond acceptors (Lipinski definition) is 6. The molecular weight excluding hydrogens is 1630 g/mol. The first-order chi connectivity index (χ1) is 61.5. The molecule has 0 amide bonds. The molecule has 0 aromatic carbocycles. The highest BCUT2D eigenvalue weighted by atomic mass is 16.4. The standard InChI is InChI=1S/6C20H30O2/c6*1-5-18(2)12-9-15-14(13-18)7-8-16-19(15,3)10-6-11-20(16,4)17(21)22/h2*5,16H,1,6-13H2,2-4H3,(H,21,22);2*5,13,15-16H,1,6-12H2,2-4H3,(H,21,22);2*5,7,15-16H,1,6,8-13H2,2-4H3,(H,21,22)/t16?,18-,19?,20+;16?,18-,19?,20-;15?,16?,18-,19?,20+;15?,16?,18-,19?,20-;15?,16?,18-,19?,20+;15?,16?,18-,19?,20-/m010101/s1. The minimum Gasteiger partial charge on any atom is -0.481 e. The normalized spacial score (nSPS) is 46.9. The van der Waals surface area contributed by atoms with Crippen LogP contribution < -0.4 is 0 Å². The molecule has 18 aliphatic carbocycles. The van der Waals surface area contributed by atoms with E-state index >= 15 is 0 Å². The lowest BCUT2D eigenvalue weighted by atomic mass is 9.45. The molecule has 0 radical (unpaired) electrons. The number of hydrogen-bond donors (Lipinski definition) is 6. The molecular formula is C120H180O12. The summed E-state index contributed by atoms with van der Waals surface area (Å²) >= 11 is 0. The Bertz CT molecular complexity index is 4390. The van der Waals surface area contributed by atoms with Crippen LogP contribution in [0.15, 0.2) is 145 Å². The first-order valence-electron chi connectivity index (χ1n) is 53.0. The lowest BCUT2D eigenvalue weighted by Gasteiger charge is -2.59. The first-order valence-corrected chi connectivity index (χ1v) is 53.0. The van der Waals surface area contributed by atoms with E-state index in [1.54, 1.807) is 44.6 Å². The van der Waals surface area contributed by atoms with E-state index in [4.69, 9.17) is 0 Å². The average Bonchev–Trinajstić information content (AvgIpc) is 0.746. The molecule has 132 heavy (non-hydrogen) atoms. The number of carboxylic acids is 6. The summed E-state index contributed by atoms with van der Waals surface area (Å²) in [7, 11) is 0. The van der Waals surface area contributed by atoms with Gasteiger partial charge in [0.1, 0.15) is 0 Å². The second-order valence-electron chi connectivity index (χ2n) is 52.3. The van der Waals surface area contributed by atoms with Crippen molar-refractivity contribution in [1.29, 1.82) is 0 Å². The molecule has 28 atom stereocenters. The molecule has 12 heteroatoms. The lowest BCUT2D eigenvalue weighted by Crippen LogP contribution is -2.54. The van der Waals surface area contributed by atoms with Crippen molar-refractivity contribution in [3.05, 3.63) is 145 Å². The fourth-order valence-corrected chi connectivity index (χ4v) is 35.3. The van der Waals surface area contributed by atoms with Gasteiger partial charge in [0.05, 0.1) is 32.5 Å². The predicted octanol–water partition coefficient (Wildman–Crippen LogP) is 31.5. The molecule has 10 fully saturated rings. The van der Waals surface area contributed by atoms with E-state index in [2.05, 4.69) is 183 Å². The van der Waals surface area contributed by atoms with Crippen molar-refractivity contribution in [1.82, 2.24) is 0 Å². The van der Waals surface area contributed by atoms with Crippen molar-refractivity contribution in [3.8, 4) is 0 Å². The molecule has 0 bridgehead atoms. The van der Waals surface area contributed by atoms with Crippen LogP contribution in [0.3, 0.4) is 0 Å². The number of carbonyl (C=O) groups is 6. The highest BCUT2D eigenvalue weighted by Gasteiger charge is 2.65. The second kappa shape index (κ2) is 36.8. The Morgan fingerprint density at radius 1 is 0.265 bits per heavy atom. The molecule has 0 spiro atoms. The monoisotopic (exact) mass is 1810 g/mol. The number of allylic oxidation sites excluding steroid dienone is 18. The van der Waals surface area contributed by atoms with Gasteiger partial charge in [-0.15, -0.1) is 39.5 Å². The maximum atomic E-state index is 12.0.